The molecule has 0 unspecified atom stereocenters. The van der Waals surface area contributed by atoms with Gasteiger partial charge in [-0.15, -0.1) is 0 Å². The average Bonchev–Trinajstić information content (AvgIpc) is 2.27. The summed E-state index contributed by atoms with van der Waals surface area (Å²) in [5, 5.41) is 0. The molecule has 0 saturated carbocycles. The van der Waals surface area contributed by atoms with E-state index in [1.165, 1.54) is 27.8 Å². The smallest absolute Gasteiger partial charge is 0.125 e. The highest BCUT2D eigenvalue weighted by Crippen LogP contribution is 2.32. The summed E-state index contributed by atoms with van der Waals surface area (Å²) < 4.78 is 6.06. The molecular weight excluding hydrogens is 220 g/mol. The lowest BCUT2D eigenvalue weighted by Gasteiger charge is -2.22. The van der Waals surface area contributed by atoms with Gasteiger partial charge in [0.1, 0.15) is 5.75 Å². The first kappa shape index (κ1) is 15.1. The third-order valence-corrected chi connectivity index (χ3v) is 4.03. The van der Waals surface area contributed by atoms with E-state index >= 15 is 0 Å². The van der Waals surface area contributed by atoms with Crippen molar-refractivity contribution in [2.24, 2.45) is 5.41 Å². The largest absolute Gasteiger partial charge is 0.493 e. The van der Waals surface area contributed by atoms with Crippen LogP contribution in [0.2, 0.25) is 0 Å². The van der Waals surface area contributed by atoms with E-state index in [1.807, 2.05) is 0 Å². The highest BCUT2D eigenvalue weighted by Gasteiger charge is 2.15. The maximum absolute atomic E-state index is 6.06. The van der Waals surface area contributed by atoms with Gasteiger partial charge < -0.3 is 4.74 Å². The van der Waals surface area contributed by atoms with E-state index in [4.69, 9.17) is 4.74 Å². The summed E-state index contributed by atoms with van der Waals surface area (Å²) in [5.41, 5.74) is 7.05. The first-order valence-electron chi connectivity index (χ1n) is 6.85. The second kappa shape index (κ2) is 5.34. The molecule has 0 bridgehead atoms. The fraction of sp³-hybridized carbons (Fsp3) is 0.647. The van der Waals surface area contributed by atoms with E-state index < -0.39 is 0 Å². The van der Waals surface area contributed by atoms with Crippen LogP contribution in [0.5, 0.6) is 5.75 Å². The molecule has 0 fully saturated rings. The van der Waals surface area contributed by atoms with Crippen LogP contribution < -0.4 is 4.74 Å². The molecule has 0 heterocycles. The maximum Gasteiger partial charge on any atom is 0.125 e. The van der Waals surface area contributed by atoms with Crippen molar-refractivity contribution in [1.82, 2.24) is 0 Å². The van der Waals surface area contributed by atoms with Crippen LogP contribution in [-0.2, 0) is 0 Å². The summed E-state index contributed by atoms with van der Waals surface area (Å²) in [4.78, 5) is 0. The van der Waals surface area contributed by atoms with Crippen molar-refractivity contribution in [3.8, 4) is 5.75 Å². The quantitative estimate of drug-likeness (QED) is 0.728. The Bertz CT molecular complexity index is 407. The van der Waals surface area contributed by atoms with Crippen molar-refractivity contribution < 1.29 is 4.74 Å². The third-order valence-electron chi connectivity index (χ3n) is 4.03. The molecule has 0 atom stereocenters. The van der Waals surface area contributed by atoms with Gasteiger partial charge in [0.25, 0.3) is 0 Å². The zero-order chi connectivity index (χ0) is 14.1. The molecule has 102 valence electrons. The number of rotatable bonds is 3. The van der Waals surface area contributed by atoms with Gasteiger partial charge >= 0.3 is 0 Å². The van der Waals surface area contributed by atoms with Gasteiger partial charge in [0, 0.05) is 0 Å². The Morgan fingerprint density at radius 2 is 1.11 bits per heavy atom. The molecule has 0 saturated heterocycles. The molecule has 1 heteroatoms. The van der Waals surface area contributed by atoms with Gasteiger partial charge in [-0.3, -0.25) is 0 Å². The molecule has 0 amide bonds. The Kier molecular flexibility index (Phi) is 4.47. The van der Waals surface area contributed by atoms with Crippen LogP contribution in [0, 0.1) is 40.0 Å². The highest BCUT2D eigenvalue weighted by atomic mass is 16.5. The minimum atomic E-state index is 0.330. The van der Waals surface area contributed by atoms with Crippen molar-refractivity contribution in [3.63, 3.8) is 0 Å². The molecule has 1 nitrogen and oxygen atoms in total. The molecular formula is C17H28O. The van der Waals surface area contributed by atoms with Crippen molar-refractivity contribution in [3.05, 3.63) is 27.8 Å². The van der Waals surface area contributed by atoms with Crippen LogP contribution in [0.25, 0.3) is 0 Å². The van der Waals surface area contributed by atoms with Crippen LogP contribution in [0.3, 0.4) is 0 Å². The molecule has 0 aliphatic carbocycles. The Morgan fingerprint density at radius 3 is 1.50 bits per heavy atom. The Balaban J connectivity index is 2.96. The molecule has 0 aliphatic rings. The van der Waals surface area contributed by atoms with Crippen LogP contribution in [0.15, 0.2) is 0 Å². The molecule has 0 radical (unpaired) electrons. The first-order chi connectivity index (χ1) is 8.15. The predicted molar refractivity (Wildman–Crippen MR) is 79.7 cm³/mol. The number of hydrogen-bond acceptors (Lipinski definition) is 1. The summed E-state index contributed by atoms with van der Waals surface area (Å²) >= 11 is 0. The average molecular weight is 248 g/mol. The van der Waals surface area contributed by atoms with Gasteiger partial charge in [0.2, 0.25) is 0 Å². The summed E-state index contributed by atoms with van der Waals surface area (Å²) in [7, 11) is 0. The minimum Gasteiger partial charge on any atom is -0.493 e. The Hall–Kier alpha value is -0.980. The van der Waals surface area contributed by atoms with Crippen molar-refractivity contribution in [2.75, 3.05) is 6.61 Å². The van der Waals surface area contributed by atoms with Crippen LogP contribution in [0.1, 0.15) is 55.0 Å². The normalized spacial score (nSPS) is 11.8. The molecule has 1 rings (SSSR count). The summed E-state index contributed by atoms with van der Waals surface area (Å²) in [6.07, 6.45) is 1.08. The third kappa shape index (κ3) is 3.28. The molecule has 0 spiro atoms. The van der Waals surface area contributed by atoms with E-state index in [0.29, 0.717) is 5.41 Å². The Labute approximate surface area is 113 Å². The van der Waals surface area contributed by atoms with Gasteiger partial charge in [0.05, 0.1) is 6.61 Å². The van der Waals surface area contributed by atoms with Gasteiger partial charge in [-0.2, -0.15) is 0 Å². The topological polar surface area (TPSA) is 9.23 Å². The van der Waals surface area contributed by atoms with Gasteiger partial charge in [0.15, 0.2) is 0 Å². The molecule has 1 aromatic carbocycles. The van der Waals surface area contributed by atoms with Crippen LogP contribution in [-0.4, -0.2) is 6.61 Å². The van der Waals surface area contributed by atoms with Gasteiger partial charge in [-0.25, -0.2) is 0 Å². The van der Waals surface area contributed by atoms with E-state index in [0.717, 1.165) is 18.8 Å². The number of hydrogen-bond donors (Lipinski definition) is 0. The molecule has 0 N–H and O–H groups in total. The summed E-state index contributed by atoms with van der Waals surface area (Å²) in [5.74, 6) is 1.10. The standard InChI is InChI=1S/C17H28O/c1-11-12(2)14(4)16(15(5)13(11)3)18-10-9-17(6,7)8/h9-10H2,1-8H3. The fourth-order valence-corrected chi connectivity index (χ4v) is 2.14. The first-order valence-corrected chi connectivity index (χ1v) is 6.85. The lowest BCUT2D eigenvalue weighted by Crippen LogP contribution is -2.12. The van der Waals surface area contributed by atoms with E-state index in [1.54, 1.807) is 0 Å². The Morgan fingerprint density at radius 1 is 0.722 bits per heavy atom. The van der Waals surface area contributed by atoms with Gasteiger partial charge in [-0.05, 0) is 74.3 Å². The lowest BCUT2D eigenvalue weighted by molar-refractivity contribution is 0.240. The monoisotopic (exact) mass is 248 g/mol. The maximum atomic E-state index is 6.06. The van der Waals surface area contributed by atoms with E-state index in [9.17, 15) is 0 Å². The zero-order valence-corrected chi connectivity index (χ0v) is 13.3. The second-order valence-electron chi connectivity index (χ2n) is 6.61. The molecule has 1 aromatic rings. The second-order valence-corrected chi connectivity index (χ2v) is 6.61. The minimum absolute atomic E-state index is 0.330. The summed E-state index contributed by atoms with van der Waals surface area (Å²) in [6.45, 7) is 18.5. The van der Waals surface area contributed by atoms with Crippen molar-refractivity contribution in [1.29, 1.82) is 0 Å². The number of benzene rings is 1. The number of ether oxygens (including phenoxy) is 1. The highest BCUT2D eigenvalue weighted by molar-refractivity contribution is 5.53. The van der Waals surface area contributed by atoms with Crippen molar-refractivity contribution >= 4 is 0 Å². The predicted octanol–water partition coefficient (Wildman–Crippen LogP) is 5.04. The zero-order valence-electron chi connectivity index (χ0n) is 13.3. The van der Waals surface area contributed by atoms with Crippen molar-refractivity contribution in [2.45, 2.75) is 61.8 Å². The van der Waals surface area contributed by atoms with Gasteiger partial charge in [-0.1, -0.05) is 20.8 Å². The van der Waals surface area contributed by atoms with Crippen LogP contribution in [0.4, 0.5) is 0 Å². The molecule has 0 aromatic heterocycles. The van der Waals surface area contributed by atoms with E-state index in [2.05, 4.69) is 55.4 Å². The van der Waals surface area contributed by atoms with E-state index in [-0.39, 0.29) is 0 Å². The lowest BCUT2D eigenvalue weighted by atomic mass is 9.92. The van der Waals surface area contributed by atoms with Crippen LogP contribution >= 0.6 is 0 Å². The molecule has 0 aliphatic heterocycles. The fourth-order valence-electron chi connectivity index (χ4n) is 2.14. The SMILES string of the molecule is Cc1c(C)c(C)c(OCCC(C)(C)C)c(C)c1C. The molecule has 18 heavy (non-hydrogen) atoms. The summed E-state index contributed by atoms with van der Waals surface area (Å²) in [6, 6.07) is 0.